The van der Waals surface area contributed by atoms with E-state index in [-0.39, 0.29) is 11.6 Å². The number of rotatable bonds is 6. The highest BCUT2D eigenvalue weighted by atomic mass is 32.2. The molecule has 2 aromatic carbocycles. The molecule has 28 heavy (non-hydrogen) atoms. The third-order valence-corrected chi connectivity index (χ3v) is 6.04. The molecule has 1 aliphatic rings. The number of aryl methyl sites for hydroxylation is 1. The van der Waals surface area contributed by atoms with Crippen molar-refractivity contribution in [3.8, 4) is 0 Å². The highest BCUT2D eigenvalue weighted by Crippen LogP contribution is 2.31. The Hall–Kier alpha value is -2.48. The second-order valence-corrected chi connectivity index (χ2v) is 8.90. The fraction of sp³-hybridized carbons (Fsp3) is 0.350. The first-order valence-electron chi connectivity index (χ1n) is 9.08. The number of fused-ring (bicyclic) bond motifs is 1. The lowest BCUT2D eigenvalue weighted by Crippen LogP contribution is -2.36. The minimum Gasteiger partial charge on any atom is -0.312 e. The van der Waals surface area contributed by atoms with Gasteiger partial charge in [0.15, 0.2) is 0 Å². The fourth-order valence-electron chi connectivity index (χ4n) is 3.15. The molecule has 0 bridgehead atoms. The number of nitrogens with one attached hydrogen (secondary N) is 1. The van der Waals surface area contributed by atoms with Crippen LogP contribution in [0.4, 0.5) is 20.2 Å². The van der Waals surface area contributed by atoms with Gasteiger partial charge < -0.3 is 4.90 Å². The van der Waals surface area contributed by atoms with Gasteiger partial charge in [0.25, 0.3) is 10.0 Å². The number of sulfonamides is 1. The van der Waals surface area contributed by atoms with E-state index in [2.05, 4.69) is 18.6 Å². The summed E-state index contributed by atoms with van der Waals surface area (Å²) in [5.41, 5.74) is 1.83. The van der Waals surface area contributed by atoms with E-state index in [0.29, 0.717) is 31.4 Å². The monoisotopic (exact) mass is 408 g/mol. The topological polar surface area (TPSA) is 66.5 Å². The molecular weight excluding hydrogens is 386 g/mol. The molecule has 1 heterocycles. The van der Waals surface area contributed by atoms with Crippen LogP contribution in [0, 0.1) is 17.6 Å². The maximum absolute atomic E-state index is 13.9. The number of hydrogen-bond donors (Lipinski definition) is 1. The molecule has 0 saturated carbocycles. The van der Waals surface area contributed by atoms with Crippen molar-refractivity contribution in [3.63, 3.8) is 0 Å². The van der Waals surface area contributed by atoms with Crippen molar-refractivity contribution in [2.45, 2.75) is 38.0 Å². The van der Waals surface area contributed by atoms with Gasteiger partial charge in [-0.05, 0) is 60.7 Å². The average molecular weight is 408 g/mol. The van der Waals surface area contributed by atoms with Crippen LogP contribution in [0.5, 0.6) is 0 Å². The maximum Gasteiger partial charge on any atom is 0.264 e. The summed E-state index contributed by atoms with van der Waals surface area (Å²) >= 11 is 0. The van der Waals surface area contributed by atoms with Crippen LogP contribution in [0.25, 0.3) is 0 Å². The van der Waals surface area contributed by atoms with Crippen LogP contribution in [0.1, 0.15) is 32.3 Å². The van der Waals surface area contributed by atoms with E-state index in [1.54, 1.807) is 17.0 Å². The number of carbonyl (C=O) groups is 1. The zero-order valence-corrected chi connectivity index (χ0v) is 16.5. The smallest absolute Gasteiger partial charge is 0.264 e. The van der Waals surface area contributed by atoms with Crippen molar-refractivity contribution in [2.24, 2.45) is 5.92 Å². The first-order valence-corrected chi connectivity index (χ1v) is 10.6. The van der Waals surface area contributed by atoms with Crippen LogP contribution in [0.2, 0.25) is 0 Å². The number of hydrogen-bond acceptors (Lipinski definition) is 3. The van der Waals surface area contributed by atoms with Crippen LogP contribution in [-0.4, -0.2) is 20.9 Å². The van der Waals surface area contributed by atoms with Gasteiger partial charge in [0.1, 0.15) is 16.5 Å². The Morgan fingerprint density at radius 3 is 2.57 bits per heavy atom. The normalized spacial score (nSPS) is 14.3. The van der Waals surface area contributed by atoms with Gasteiger partial charge in [-0.15, -0.1) is 0 Å². The van der Waals surface area contributed by atoms with Crippen molar-refractivity contribution in [1.82, 2.24) is 0 Å². The quantitative estimate of drug-likeness (QED) is 0.783. The fourth-order valence-corrected chi connectivity index (χ4v) is 4.29. The van der Waals surface area contributed by atoms with E-state index in [1.807, 2.05) is 0 Å². The van der Waals surface area contributed by atoms with Gasteiger partial charge in [-0.1, -0.05) is 13.8 Å². The Labute approximate surface area is 163 Å². The number of nitrogens with zero attached hydrogens (tertiary/aromatic N) is 1. The predicted octanol–water partition coefficient (Wildman–Crippen LogP) is 4.09. The zero-order chi connectivity index (χ0) is 20.5. The summed E-state index contributed by atoms with van der Waals surface area (Å²) in [7, 11) is -4.28. The lowest BCUT2D eigenvalue weighted by molar-refractivity contribution is -0.118. The molecule has 1 amide bonds. The largest absolute Gasteiger partial charge is 0.312 e. The van der Waals surface area contributed by atoms with Crippen LogP contribution in [0.15, 0.2) is 41.3 Å². The third-order valence-electron chi connectivity index (χ3n) is 4.64. The minimum atomic E-state index is -4.28. The first kappa shape index (κ1) is 20.3. The van der Waals surface area contributed by atoms with Crippen molar-refractivity contribution < 1.29 is 22.0 Å². The molecule has 0 spiro atoms. The molecule has 5 nitrogen and oxygen atoms in total. The lowest BCUT2D eigenvalue weighted by Gasteiger charge is -2.30. The second-order valence-electron chi connectivity index (χ2n) is 7.25. The van der Waals surface area contributed by atoms with Gasteiger partial charge in [-0.3, -0.25) is 9.52 Å². The number of anilines is 2. The molecular formula is C20H22F2N2O3S. The zero-order valence-electron chi connectivity index (χ0n) is 15.7. The van der Waals surface area contributed by atoms with E-state index in [4.69, 9.17) is 0 Å². The van der Waals surface area contributed by atoms with E-state index in [9.17, 15) is 22.0 Å². The highest BCUT2D eigenvalue weighted by Gasteiger charge is 2.25. The molecule has 0 atom stereocenters. The average Bonchev–Trinajstić information content (AvgIpc) is 2.62. The van der Waals surface area contributed by atoms with Crippen LogP contribution in [-0.2, 0) is 21.2 Å². The number of amides is 1. The summed E-state index contributed by atoms with van der Waals surface area (Å²) in [5.74, 6) is -1.38. The van der Waals surface area contributed by atoms with Crippen molar-refractivity contribution in [3.05, 3.63) is 53.6 Å². The predicted molar refractivity (Wildman–Crippen MR) is 104 cm³/mol. The van der Waals surface area contributed by atoms with Crippen molar-refractivity contribution in [1.29, 1.82) is 0 Å². The third kappa shape index (κ3) is 4.32. The Kier molecular flexibility index (Phi) is 5.69. The summed E-state index contributed by atoms with van der Waals surface area (Å²) in [6.45, 7) is 4.76. The summed E-state index contributed by atoms with van der Waals surface area (Å²) in [4.78, 5) is 13.2. The number of benzene rings is 2. The Morgan fingerprint density at radius 2 is 1.86 bits per heavy atom. The molecule has 2 aromatic rings. The molecule has 8 heteroatoms. The minimum absolute atomic E-state index is 0.0447. The van der Waals surface area contributed by atoms with Crippen molar-refractivity contribution in [2.75, 3.05) is 16.2 Å². The second kappa shape index (κ2) is 7.87. The van der Waals surface area contributed by atoms with E-state index >= 15 is 0 Å². The van der Waals surface area contributed by atoms with E-state index < -0.39 is 26.6 Å². The molecule has 150 valence electrons. The number of halogens is 2. The van der Waals surface area contributed by atoms with Gasteiger partial charge in [-0.25, -0.2) is 17.2 Å². The first-order chi connectivity index (χ1) is 13.2. The summed E-state index contributed by atoms with van der Waals surface area (Å²) < 4.78 is 54.4. The summed E-state index contributed by atoms with van der Waals surface area (Å²) in [6, 6.07) is 7.12. The molecule has 0 fully saturated rings. The van der Waals surface area contributed by atoms with Gasteiger partial charge in [0.05, 0.1) is 0 Å². The molecule has 1 aliphatic heterocycles. The van der Waals surface area contributed by atoms with Crippen LogP contribution in [0.3, 0.4) is 0 Å². The van der Waals surface area contributed by atoms with Gasteiger partial charge in [-0.2, -0.15) is 0 Å². The molecule has 0 radical (unpaired) electrons. The number of carbonyl (C=O) groups excluding carboxylic acids is 1. The summed E-state index contributed by atoms with van der Waals surface area (Å²) in [6.07, 6.45) is 1.70. The molecule has 0 aliphatic carbocycles. The lowest BCUT2D eigenvalue weighted by atomic mass is 9.99. The molecule has 0 unspecified atom stereocenters. The molecule has 1 N–H and O–H groups in total. The Bertz CT molecular complexity index is 1010. The maximum atomic E-state index is 13.9. The van der Waals surface area contributed by atoms with E-state index in [1.165, 1.54) is 6.07 Å². The van der Waals surface area contributed by atoms with Gasteiger partial charge >= 0.3 is 0 Å². The van der Waals surface area contributed by atoms with E-state index in [0.717, 1.165) is 29.8 Å². The Balaban J connectivity index is 1.87. The SMILES string of the molecule is CC(C)CCN1C(=O)CCc2cc(NS(=O)(=O)c3cc(F)ccc3F)ccc21. The molecule has 3 rings (SSSR count). The molecule has 0 saturated heterocycles. The standard InChI is InChI=1S/C20H22F2N2O3S/c1-13(2)9-10-24-18-7-5-16(11-14(18)3-8-20(24)25)23-28(26,27)19-12-15(21)4-6-17(19)22/h4-7,11-13,23H,3,8-10H2,1-2H3. The van der Waals surface area contributed by atoms with Gasteiger partial charge in [0.2, 0.25) is 5.91 Å². The van der Waals surface area contributed by atoms with Gasteiger partial charge in [0, 0.05) is 24.3 Å². The van der Waals surface area contributed by atoms with Crippen molar-refractivity contribution >= 4 is 27.3 Å². The molecule has 0 aromatic heterocycles. The highest BCUT2D eigenvalue weighted by molar-refractivity contribution is 7.92. The van der Waals surface area contributed by atoms with Crippen LogP contribution >= 0.6 is 0 Å². The summed E-state index contributed by atoms with van der Waals surface area (Å²) in [5, 5.41) is 0. The van der Waals surface area contributed by atoms with Crippen LogP contribution < -0.4 is 9.62 Å². The Morgan fingerprint density at radius 1 is 1.11 bits per heavy atom.